The lowest BCUT2D eigenvalue weighted by Crippen LogP contribution is -2.03. The van der Waals surface area contributed by atoms with E-state index in [4.69, 9.17) is 4.52 Å². The molecule has 0 heterocycles. The van der Waals surface area contributed by atoms with Crippen molar-refractivity contribution in [1.82, 2.24) is 0 Å². The normalized spacial score (nSPS) is 23.2. The molecule has 1 unspecified atom stereocenters. The second-order valence-corrected chi connectivity index (χ2v) is 8.80. The monoisotopic (exact) mass is 222 g/mol. The molecule has 0 N–H and O–H groups in total. The summed E-state index contributed by atoms with van der Waals surface area (Å²) in [5.41, 5.74) is 0. The molecule has 0 aromatic heterocycles. The first-order chi connectivity index (χ1) is 6.14. The van der Waals surface area contributed by atoms with E-state index in [-0.39, 0.29) is 6.10 Å². The van der Waals surface area contributed by atoms with Crippen LogP contribution in [-0.2, 0) is 9.09 Å². The molecule has 0 saturated heterocycles. The summed E-state index contributed by atoms with van der Waals surface area (Å²) in [6, 6.07) is 0. The van der Waals surface area contributed by atoms with Gasteiger partial charge in [0, 0.05) is 12.4 Å². The van der Waals surface area contributed by atoms with Gasteiger partial charge in [-0.1, -0.05) is 31.1 Å². The van der Waals surface area contributed by atoms with Gasteiger partial charge in [0.15, 0.2) is 0 Å². The van der Waals surface area contributed by atoms with E-state index in [1.807, 2.05) is 0 Å². The van der Waals surface area contributed by atoms with Crippen molar-refractivity contribution in [3.05, 3.63) is 0 Å². The first-order valence-corrected chi connectivity index (χ1v) is 8.71. The van der Waals surface area contributed by atoms with E-state index in [1.54, 1.807) is 6.66 Å². The molecule has 1 aliphatic rings. The van der Waals surface area contributed by atoms with Crippen LogP contribution in [-0.4, -0.2) is 18.5 Å². The van der Waals surface area contributed by atoms with Crippen molar-refractivity contribution in [3.63, 3.8) is 0 Å². The van der Waals surface area contributed by atoms with E-state index in [9.17, 15) is 4.57 Å². The van der Waals surface area contributed by atoms with Gasteiger partial charge in [0.05, 0.1) is 6.10 Å². The fourth-order valence-electron chi connectivity index (χ4n) is 1.55. The highest BCUT2D eigenvalue weighted by molar-refractivity contribution is 8.56. The summed E-state index contributed by atoms with van der Waals surface area (Å²) >= 11 is 1.50. The van der Waals surface area contributed by atoms with E-state index >= 15 is 0 Å². The molecule has 1 aliphatic carbocycles. The number of hydrogen-bond donors (Lipinski definition) is 0. The van der Waals surface area contributed by atoms with Crippen LogP contribution in [0, 0.1) is 0 Å². The molecule has 0 bridgehead atoms. The lowest BCUT2D eigenvalue weighted by Gasteiger charge is -2.17. The molecule has 0 amide bonds. The van der Waals surface area contributed by atoms with Crippen LogP contribution < -0.4 is 0 Å². The van der Waals surface area contributed by atoms with Crippen molar-refractivity contribution < 1.29 is 9.09 Å². The summed E-state index contributed by atoms with van der Waals surface area (Å²) in [5, 5.41) is 0. The lowest BCUT2D eigenvalue weighted by atomic mass is 10.3. The van der Waals surface area contributed by atoms with Crippen LogP contribution in [0.3, 0.4) is 0 Å². The molecule has 1 rings (SSSR count). The molecule has 78 valence electrons. The van der Waals surface area contributed by atoms with Gasteiger partial charge in [-0.2, -0.15) is 0 Å². The number of hydrogen-bond acceptors (Lipinski definition) is 3. The second-order valence-electron chi connectivity index (χ2n) is 3.62. The smallest absolute Gasteiger partial charge is 0.254 e. The summed E-state index contributed by atoms with van der Waals surface area (Å²) in [6.45, 7) is 1.51. The molecule has 13 heavy (non-hydrogen) atoms. The third kappa shape index (κ3) is 4.53. The molecule has 2 nitrogen and oxygen atoms in total. The van der Waals surface area contributed by atoms with Crippen LogP contribution >= 0.6 is 18.0 Å². The van der Waals surface area contributed by atoms with Gasteiger partial charge < -0.3 is 4.52 Å². The van der Waals surface area contributed by atoms with Crippen LogP contribution in [0.2, 0.25) is 0 Å². The van der Waals surface area contributed by atoms with Crippen LogP contribution in [0.1, 0.15) is 39.0 Å². The van der Waals surface area contributed by atoms with Crippen LogP contribution in [0.5, 0.6) is 0 Å². The Morgan fingerprint density at radius 3 is 2.62 bits per heavy atom. The van der Waals surface area contributed by atoms with Crippen LogP contribution in [0.15, 0.2) is 0 Å². The zero-order valence-electron chi connectivity index (χ0n) is 8.49. The Labute approximate surface area is 85.0 Å². The minimum absolute atomic E-state index is 0.278. The summed E-state index contributed by atoms with van der Waals surface area (Å²) in [4.78, 5) is 0. The molecule has 1 atom stereocenters. The van der Waals surface area contributed by atoms with E-state index in [2.05, 4.69) is 6.92 Å². The summed E-state index contributed by atoms with van der Waals surface area (Å²) < 4.78 is 17.5. The molecule has 1 saturated carbocycles. The maximum Gasteiger partial charge on any atom is 0.254 e. The number of rotatable bonds is 5. The molecular weight excluding hydrogens is 203 g/mol. The second kappa shape index (κ2) is 5.43. The van der Waals surface area contributed by atoms with E-state index < -0.39 is 6.57 Å². The molecule has 0 aliphatic heterocycles. The van der Waals surface area contributed by atoms with Crippen molar-refractivity contribution >= 4 is 18.0 Å². The van der Waals surface area contributed by atoms with Crippen LogP contribution in [0.25, 0.3) is 0 Å². The standard InChI is InChI=1S/C9H19O2PS/c1-3-8-13-12(2,10)11-9-6-4-5-7-9/h9H,3-8H2,1-2H3. The van der Waals surface area contributed by atoms with Gasteiger partial charge in [-0.25, -0.2) is 0 Å². The van der Waals surface area contributed by atoms with Gasteiger partial charge in [-0.05, 0) is 19.3 Å². The minimum atomic E-state index is -2.34. The highest BCUT2D eigenvalue weighted by Gasteiger charge is 2.24. The Morgan fingerprint density at radius 1 is 1.46 bits per heavy atom. The lowest BCUT2D eigenvalue weighted by molar-refractivity contribution is 0.222. The maximum atomic E-state index is 11.9. The molecule has 0 aromatic rings. The van der Waals surface area contributed by atoms with Gasteiger partial charge in [0.25, 0.3) is 6.57 Å². The average molecular weight is 222 g/mol. The Balaban J connectivity index is 2.27. The maximum absolute atomic E-state index is 11.9. The Kier molecular flexibility index (Phi) is 4.85. The van der Waals surface area contributed by atoms with Gasteiger partial charge in [0.1, 0.15) is 0 Å². The van der Waals surface area contributed by atoms with Gasteiger partial charge in [-0.15, -0.1) is 0 Å². The molecule has 0 aromatic carbocycles. The van der Waals surface area contributed by atoms with E-state index in [1.165, 1.54) is 24.2 Å². The third-order valence-electron chi connectivity index (χ3n) is 2.17. The van der Waals surface area contributed by atoms with Crippen molar-refractivity contribution in [1.29, 1.82) is 0 Å². The quantitative estimate of drug-likeness (QED) is 0.660. The molecule has 0 radical (unpaired) electrons. The van der Waals surface area contributed by atoms with Crippen molar-refractivity contribution in [2.24, 2.45) is 0 Å². The predicted octanol–water partition coefficient (Wildman–Crippen LogP) is 3.91. The fraction of sp³-hybridized carbons (Fsp3) is 1.00. The molecular formula is C9H19O2PS. The summed E-state index contributed by atoms with van der Waals surface area (Å²) in [5.74, 6) is 0.945. The van der Waals surface area contributed by atoms with Crippen molar-refractivity contribution in [2.75, 3.05) is 12.4 Å². The Hall–Kier alpha value is 0.540. The van der Waals surface area contributed by atoms with Gasteiger partial charge in [0.2, 0.25) is 0 Å². The summed E-state index contributed by atoms with van der Waals surface area (Å²) in [6.07, 6.45) is 6.03. The molecule has 1 fully saturated rings. The van der Waals surface area contributed by atoms with Crippen molar-refractivity contribution in [2.45, 2.75) is 45.1 Å². The summed E-state index contributed by atoms with van der Waals surface area (Å²) in [7, 11) is 0. The van der Waals surface area contributed by atoms with Crippen molar-refractivity contribution in [3.8, 4) is 0 Å². The average Bonchev–Trinajstić information content (AvgIpc) is 2.52. The zero-order chi connectivity index (χ0) is 9.73. The predicted molar refractivity (Wildman–Crippen MR) is 59.6 cm³/mol. The fourth-order valence-corrected chi connectivity index (χ4v) is 4.97. The van der Waals surface area contributed by atoms with E-state index in [0.717, 1.165) is 25.0 Å². The highest BCUT2D eigenvalue weighted by atomic mass is 32.7. The minimum Gasteiger partial charge on any atom is -0.318 e. The van der Waals surface area contributed by atoms with Crippen LogP contribution in [0.4, 0.5) is 0 Å². The third-order valence-corrected chi connectivity index (χ3v) is 6.13. The molecule has 0 spiro atoms. The largest absolute Gasteiger partial charge is 0.318 e. The van der Waals surface area contributed by atoms with E-state index in [0.29, 0.717) is 0 Å². The first kappa shape index (κ1) is 11.6. The zero-order valence-corrected chi connectivity index (χ0v) is 10.2. The van der Waals surface area contributed by atoms with Gasteiger partial charge >= 0.3 is 0 Å². The SMILES string of the molecule is CCCSP(C)(=O)OC1CCCC1. The Bertz CT molecular complexity index is 190. The topological polar surface area (TPSA) is 26.3 Å². The first-order valence-electron chi connectivity index (χ1n) is 5.04. The van der Waals surface area contributed by atoms with Gasteiger partial charge in [-0.3, -0.25) is 4.57 Å². The molecule has 4 heteroatoms. The Morgan fingerprint density at radius 2 is 2.08 bits per heavy atom. The highest BCUT2D eigenvalue weighted by Crippen LogP contribution is 2.58.